The van der Waals surface area contributed by atoms with Crippen molar-refractivity contribution in [3.63, 3.8) is 0 Å². The predicted octanol–water partition coefficient (Wildman–Crippen LogP) is 2.79. The van der Waals surface area contributed by atoms with Gasteiger partial charge in [-0.3, -0.25) is 4.79 Å². The lowest BCUT2D eigenvalue weighted by Gasteiger charge is -2.11. The molecule has 1 fully saturated rings. The molecule has 2 rings (SSSR count). The van der Waals surface area contributed by atoms with Crippen molar-refractivity contribution in [3.05, 3.63) is 34.4 Å². The molecule has 0 saturated carbocycles. The molecule has 0 amide bonds. The molecular formula is C15H21NO. The SMILES string of the molecule is Cc1cc(C)c(C(=O)CC2CCNC2)cc1C. The Kier molecular flexibility index (Phi) is 3.63. The van der Waals surface area contributed by atoms with Gasteiger partial charge in [-0.05, 0) is 69.0 Å². The summed E-state index contributed by atoms with van der Waals surface area (Å²) in [5, 5.41) is 3.31. The Morgan fingerprint density at radius 3 is 2.59 bits per heavy atom. The molecule has 2 nitrogen and oxygen atoms in total. The number of ketones is 1. The number of carbonyl (C=O) groups is 1. The number of benzene rings is 1. The van der Waals surface area contributed by atoms with Crippen LogP contribution in [0.4, 0.5) is 0 Å². The molecule has 92 valence electrons. The topological polar surface area (TPSA) is 29.1 Å². The maximum atomic E-state index is 12.3. The van der Waals surface area contributed by atoms with Crippen molar-refractivity contribution >= 4 is 5.78 Å². The van der Waals surface area contributed by atoms with Gasteiger partial charge in [0.15, 0.2) is 5.78 Å². The van der Waals surface area contributed by atoms with Gasteiger partial charge in [0.2, 0.25) is 0 Å². The number of nitrogens with one attached hydrogen (secondary N) is 1. The van der Waals surface area contributed by atoms with Gasteiger partial charge in [0.25, 0.3) is 0 Å². The fourth-order valence-corrected chi connectivity index (χ4v) is 2.52. The van der Waals surface area contributed by atoms with E-state index >= 15 is 0 Å². The molecule has 1 heterocycles. The van der Waals surface area contributed by atoms with E-state index < -0.39 is 0 Å². The Morgan fingerprint density at radius 2 is 1.94 bits per heavy atom. The largest absolute Gasteiger partial charge is 0.316 e. The molecular weight excluding hydrogens is 210 g/mol. The standard InChI is InChI=1S/C15H21NO/c1-10-6-12(3)14(7-11(10)2)15(17)8-13-4-5-16-9-13/h6-7,13,16H,4-5,8-9H2,1-3H3. The molecule has 1 aromatic carbocycles. The van der Waals surface area contributed by atoms with Crippen LogP contribution in [0.3, 0.4) is 0 Å². The zero-order chi connectivity index (χ0) is 12.4. The van der Waals surface area contributed by atoms with Crippen LogP contribution in [0.25, 0.3) is 0 Å². The van der Waals surface area contributed by atoms with Crippen LogP contribution < -0.4 is 5.32 Å². The third kappa shape index (κ3) is 2.75. The smallest absolute Gasteiger partial charge is 0.163 e. The second kappa shape index (κ2) is 5.01. The molecule has 1 N–H and O–H groups in total. The van der Waals surface area contributed by atoms with E-state index in [1.54, 1.807) is 0 Å². The van der Waals surface area contributed by atoms with Gasteiger partial charge in [-0.2, -0.15) is 0 Å². The van der Waals surface area contributed by atoms with E-state index in [0.29, 0.717) is 18.1 Å². The van der Waals surface area contributed by atoms with Crippen LogP contribution in [0.2, 0.25) is 0 Å². The molecule has 0 radical (unpaired) electrons. The number of hydrogen-bond acceptors (Lipinski definition) is 2. The van der Waals surface area contributed by atoms with E-state index in [2.05, 4.69) is 31.3 Å². The van der Waals surface area contributed by atoms with Crippen molar-refractivity contribution < 1.29 is 4.79 Å². The predicted molar refractivity (Wildman–Crippen MR) is 70.6 cm³/mol. The van der Waals surface area contributed by atoms with Crippen LogP contribution in [0.15, 0.2) is 12.1 Å². The zero-order valence-electron chi connectivity index (χ0n) is 11.0. The molecule has 1 aliphatic heterocycles. The van der Waals surface area contributed by atoms with Crippen molar-refractivity contribution in [2.24, 2.45) is 5.92 Å². The van der Waals surface area contributed by atoms with E-state index in [0.717, 1.165) is 30.6 Å². The molecule has 17 heavy (non-hydrogen) atoms. The van der Waals surface area contributed by atoms with Gasteiger partial charge >= 0.3 is 0 Å². The first kappa shape index (κ1) is 12.3. The highest BCUT2D eigenvalue weighted by atomic mass is 16.1. The number of aryl methyl sites for hydroxylation is 3. The summed E-state index contributed by atoms with van der Waals surface area (Å²) in [6.07, 6.45) is 1.83. The summed E-state index contributed by atoms with van der Waals surface area (Å²) in [5.41, 5.74) is 4.51. The average Bonchev–Trinajstić information content (AvgIpc) is 2.76. The van der Waals surface area contributed by atoms with Crippen LogP contribution in [0.5, 0.6) is 0 Å². The summed E-state index contributed by atoms with van der Waals surface area (Å²) >= 11 is 0. The van der Waals surface area contributed by atoms with Gasteiger partial charge in [0.1, 0.15) is 0 Å². The Morgan fingerprint density at radius 1 is 1.24 bits per heavy atom. The number of carbonyl (C=O) groups excluding carboxylic acids is 1. The van der Waals surface area contributed by atoms with Gasteiger partial charge in [-0.15, -0.1) is 0 Å². The van der Waals surface area contributed by atoms with Crippen LogP contribution in [-0.4, -0.2) is 18.9 Å². The normalized spacial score (nSPS) is 19.6. The Balaban J connectivity index is 2.15. The Labute approximate surface area is 103 Å². The first-order chi connectivity index (χ1) is 8.08. The van der Waals surface area contributed by atoms with Crippen LogP contribution in [-0.2, 0) is 0 Å². The summed E-state index contributed by atoms with van der Waals surface area (Å²) < 4.78 is 0. The molecule has 1 saturated heterocycles. The van der Waals surface area contributed by atoms with Gasteiger partial charge in [0, 0.05) is 12.0 Å². The third-order valence-electron chi connectivity index (χ3n) is 3.78. The van der Waals surface area contributed by atoms with Crippen LogP contribution in [0, 0.1) is 26.7 Å². The van der Waals surface area contributed by atoms with Gasteiger partial charge in [-0.1, -0.05) is 6.07 Å². The lowest BCUT2D eigenvalue weighted by molar-refractivity contribution is 0.0964. The molecule has 1 aromatic rings. The lowest BCUT2D eigenvalue weighted by Crippen LogP contribution is -2.13. The Bertz CT molecular complexity index is 431. The molecule has 0 spiro atoms. The summed E-state index contributed by atoms with van der Waals surface area (Å²) in [6, 6.07) is 4.17. The lowest BCUT2D eigenvalue weighted by atomic mass is 9.92. The van der Waals surface area contributed by atoms with E-state index in [1.807, 2.05) is 6.92 Å². The van der Waals surface area contributed by atoms with Crippen LogP contribution >= 0.6 is 0 Å². The van der Waals surface area contributed by atoms with Crippen molar-refractivity contribution in [1.29, 1.82) is 0 Å². The number of hydrogen-bond donors (Lipinski definition) is 1. The minimum Gasteiger partial charge on any atom is -0.316 e. The highest BCUT2D eigenvalue weighted by Gasteiger charge is 2.20. The highest BCUT2D eigenvalue weighted by molar-refractivity contribution is 5.97. The van der Waals surface area contributed by atoms with E-state index in [1.165, 1.54) is 11.1 Å². The van der Waals surface area contributed by atoms with E-state index in [-0.39, 0.29) is 0 Å². The summed E-state index contributed by atoms with van der Waals surface area (Å²) in [6.45, 7) is 8.26. The maximum absolute atomic E-state index is 12.3. The molecule has 1 atom stereocenters. The quantitative estimate of drug-likeness (QED) is 0.810. The van der Waals surface area contributed by atoms with Gasteiger partial charge in [-0.25, -0.2) is 0 Å². The summed E-state index contributed by atoms with van der Waals surface area (Å²) in [4.78, 5) is 12.3. The first-order valence-corrected chi connectivity index (χ1v) is 6.39. The Hall–Kier alpha value is -1.15. The van der Waals surface area contributed by atoms with Gasteiger partial charge in [0.05, 0.1) is 0 Å². The third-order valence-corrected chi connectivity index (χ3v) is 3.78. The molecule has 1 unspecified atom stereocenters. The van der Waals surface area contributed by atoms with Gasteiger partial charge < -0.3 is 5.32 Å². The zero-order valence-corrected chi connectivity index (χ0v) is 11.0. The number of rotatable bonds is 3. The molecule has 1 aliphatic rings. The second-order valence-electron chi connectivity index (χ2n) is 5.24. The average molecular weight is 231 g/mol. The number of Topliss-reactive ketones (excluding diaryl/α,β-unsaturated/α-hetero) is 1. The van der Waals surface area contributed by atoms with E-state index in [9.17, 15) is 4.79 Å². The summed E-state index contributed by atoms with van der Waals surface area (Å²) in [7, 11) is 0. The monoisotopic (exact) mass is 231 g/mol. The fraction of sp³-hybridized carbons (Fsp3) is 0.533. The molecule has 0 aromatic heterocycles. The van der Waals surface area contributed by atoms with Crippen molar-refractivity contribution in [3.8, 4) is 0 Å². The minimum absolute atomic E-state index is 0.305. The fourth-order valence-electron chi connectivity index (χ4n) is 2.52. The van der Waals surface area contributed by atoms with Crippen molar-refractivity contribution in [1.82, 2.24) is 5.32 Å². The molecule has 2 heteroatoms. The maximum Gasteiger partial charge on any atom is 0.163 e. The van der Waals surface area contributed by atoms with E-state index in [4.69, 9.17) is 0 Å². The minimum atomic E-state index is 0.305. The molecule has 0 aliphatic carbocycles. The second-order valence-corrected chi connectivity index (χ2v) is 5.24. The first-order valence-electron chi connectivity index (χ1n) is 6.39. The van der Waals surface area contributed by atoms with Crippen LogP contribution in [0.1, 0.15) is 39.9 Å². The molecule has 0 bridgehead atoms. The highest BCUT2D eigenvalue weighted by Crippen LogP contribution is 2.20. The van der Waals surface area contributed by atoms with Crippen molar-refractivity contribution in [2.75, 3.05) is 13.1 Å². The summed E-state index contributed by atoms with van der Waals surface area (Å²) in [5.74, 6) is 0.836. The van der Waals surface area contributed by atoms with Crippen molar-refractivity contribution in [2.45, 2.75) is 33.6 Å².